The summed E-state index contributed by atoms with van der Waals surface area (Å²) >= 11 is 0. The molecule has 2 aromatic rings. The zero-order chi connectivity index (χ0) is 11.5. The van der Waals surface area contributed by atoms with Gasteiger partial charge in [0.1, 0.15) is 5.52 Å². The molecule has 0 saturated heterocycles. The second kappa shape index (κ2) is 4.35. The third-order valence-electron chi connectivity index (χ3n) is 2.41. The van der Waals surface area contributed by atoms with Crippen molar-refractivity contribution in [1.29, 1.82) is 0 Å². The van der Waals surface area contributed by atoms with Crippen molar-refractivity contribution in [2.24, 2.45) is 0 Å². The van der Waals surface area contributed by atoms with E-state index >= 15 is 0 Å². The molecule has 0 spiro atoms. The molecule has 0 amide bonds. The summed E-state index contributed by atoms with van der Waals surface area (Å²) in [5.41, 5.74) is 2.09. The highest BCUT2D eigenvalue weighted by molar-refractivity contribution is 5.68. The van der Waals surface area contributed by atoms with E-state index in [-0.39, 0.29) is 0 Å². The van der Waals surface area contributed by atoms with Gasteiger partial charge < -0.3 is 5.32 Å². The van der Waals surface area contributed by atoms with E-state index < -0.39 is 0 Å². The predicted octanol–water partition coefficient (Wildman–Crippen LogP) is 2.45. The molecule has 1 N–H and O–H groups in total. The summed E-state index contributed by atoms with van der Waals surface area (Å²) in [4.78, 5) is 4.30. The van der Waals surface area contributed by atoms with Gasteiger partial charge in [0.05, 0.1) is 5.69 Å². The summed E-state index contributed by atoms with van der Waals surface area (Å²) in [5.74, 6) is 1.27. The molecule has 0 radical (unpaired) electrons. The fraction of sp³-hybridized carbons (Fsp3) is 0.333. The molecule has 2 aromatic heterocycles. The topological polar surface area (TPSA) is 42.2 Å². The Morgan fingerprint density at radius 2 is 2.38 bits per heavy atom. The number of nitrogens with zero attached hydrogens (tertiary/aromatic N) is 3. The van der Waals surface area contributed by atoms with Crippen molar-refractivity contribution in [3.63, 3.8) is 0 Å². The number of hydrogen-bond donors (Lipinski definition) is 1. The van der Waals surface area contributed by atoms with Crippen LogP contribution in [0, 0.1) is 0 Å². The van der Waals surface area contributed by atoms with Crippen molar-refractivity contribution in [3.05, 3.63) is 36.8 Å². The summed E-state index contributed by atoms with van der Waals surface area (Å²) in [6.45, 7) is 8.64. The Morgan fingerprint density at radius 3 is 3.06 bits per heavy atom. The fourth-order valence-electron chi connectivity index (χ4n) is 1.53. The van der Waals surface area contributed by atoms with E-state index in [1.165, 1.54) is 0 Å². The Balaban J connectivity index is 2.45. The summed E-state index contributed by atoms with van der Waals surface area (Å²) in [6.07, 6.45) is 5.42. The van der Waals surface area contributed by atoms with Gasteiger partial charge in [-0.25, -0.2) is 9.50 Å². The summed E-state index contributed by atoms with van der Waals surface area (Å²) < 4.78 is 1.85. The zero-order valence-corrected chi connectivity index (χ0v) is 9.64. The highest BCUT2D eigenvalue weighted by Gasteiger charge is 2.08. The molecule has 4 nitrogen and oxygen atoms in total. The first-order valence-electron chi connectivity index (χ1n) is 5.41. The molecule has 0 bridgehead atoms. The van der Waals surface area contributed by atoms with Gasteiger partial charge in [-0.3, -0.25) is 0 Å². The molecule has 0 fully saturated rings. The molecule has 0 aliphatic rings. The van der Waals surface area contributed by atoms with E-state index in [2.05, 4.69) is 41.9 Å². The van der Waals surface area contributed by atoms with Gasteiger partial charge >= 0.3 is 0 Å². The molecule has 2 rings (SSSR count). The molecular weight excluding hydrogens is 200 g/mol. The van der Waals surface area contributed by atoms with Crippen LogP contribution in [0.15, 0.2) is 31.1 Å². The fourth-order valence-corrected chi connectivity index (χ4v) is 1.53. The van der Waals surface area contributed by atoms with E-state index in [0.29, 0.717) is 12.5 Å². The van der Waals surface area contributed by atoms with Crippen LogP contribution in [-0.4, -0.2) is 21.1 Å². The second-order valence-corrected chi connectivity index (χ2v) is 4.00. The van der Waals surface area contributed by atoms with Crippen LogP contribution in [0.3, 0.4) is 0 Å². The molecule has 0 saturated carbocycles. The maximum absolute atomic E-state index is 4.49. The lowest BCUT2D eigenvalue weighted by Crippen LogP contribution is -2.02. The number of anilines is 1. The number of aromatic nitrogens is 3. The van der Waals surface area contributed by atoms with E-state index in [0.717, 1.165) is 17.0 Å². The van der Waals surface area contributed by atoms with E-state index in [1.54, 1.807) is 6.20 Å². The Morgan fingerprint density at radius 1 is 1.56 bits per heavy atom. The Hall–Kier alpha value is -1.84. The van der Waals surface area contributed by atoms with E-state index in [4.69, 9.17) is 0 Å². The maximum atomic E-state index is 4.49. The SMILES string of the molecule is C=CCNc1nccn2nc(C(C)C)cc12. The van der Waals surface area contributed by atoms with Gasteiger partial charge in [-0.2, -0.15) is 5.10 Å². The van der Waals surface area contributed by atoms with E-state index in [1.807, 2.05) is 16.8 Å². The largest absolute Gasteiger partial charge is 0.365 e. The quantitative estimate of drug-likeness (QED) is 0.798. The van der Waals surface area contributed by atoms with Crippen molar-refractivity contribution in [2.75, 3.05) is 11.9 Å². The van der Waals surface area contributed by atoms with Gasteiger partial charge in [0.2, 0.25) is 0 Å². The summed E-state index contributed by atoms with van der Waals surface area (Å²) in [7, 11) is 0. The third-order valence-corrected chi connectivity index (χ3v) is 2.41. The van der Waals surface area contributed by atoms with Gasteiger partial charge in [0, 0.05) is 18.9 Å². The van der Waals surface area contributed by atoms with Crippen molar-refractivity contribution < 1.29 is 0 Å². The molecule has 16 heavy (non-hydrogen) atoms. The highest BCUT2D eigenvalue weighted by atomic mass is 15.2. The highest BCUT2D eigenvalue weighted by Crippen LogP contribution is 2.19. The van der Waals surface area contributed by atoms with Crippen LogP contribution in [-0.2, 0) is 0 Å². The average molecular weight is 216 g/mol. The minimum Gasteiger partial charge on any atom is -0.365 e. The summed E-state index contributed by atoms with van der Waals surface area (Å²) in [5, 5.41) is 7.69. The summed E-state index contributed by atoms with van der Waals surface area (Å²) in [6, 6.07) is 2.07. The van der Waals surface area contributed by atoms with Crippen LogP contribution < -0.4 is 5.32 Å². The number of nitrogens with one attached hydrogen (secondary N) is 1. The molecule has 0 unspecified atom stereocenters. The van der Waals surface area contributed by atoms with Crippen LogP contribution in [0.1, 0.15) is 25.5 Å². The Bertz CT molecular complexity index is 499. The number of rotatable bonds is 4. The van der Waals surface area contributed by atoms with Gasteiger partial charge in [0.15, 0.2) is 5.82 Å². The van der Waals surface area contributed by atoms with Crippen LogP contribution in [0.25, 0.3) is 5.52 Å². The number of fused-ring (bicyclic) bond motifs is 1. The monoisotopic (exact) mass is 216 g/mol. The Kier molecular flexibility index (Phi) is 2.90. The van der Waals surface area contributed by atoms with Crippen molar-refractivity contribution in [3.8, 4) is 0 Å². The first-order chi connectivity index (χ1) is 7.72. The van der Waals surface area contributed by atoms with Crippen LogP contribution >= 0.6 is 0 Å². The van der Waals surface area contributed by atoms with Crippen molar-refractivity contribution in [2.45, 2.75) is 19.8 Å². The molecule has 0 aliphatic carbocycles. The third kappa shape index (κ3) is 1.91. The Labute approximate surface area is 95.0 Å². The molecular formula is C12H16N4. The second-order valence-electron chi connectivity index (χ2n) is 4.00. The van der Waals surface area contributed by atoms with Crippen LogP contribution in [0.5, 0.6) is 0 Å². The van der Waals surface area contributed by atoms with Crippen LogP contribution in [0.2, 0.25) is 0 Å². The molecule has 2 heterocycles. The number of hydrogen-bond acceptors (Lipinski definition) is 3. The molecule has 84 valence electrons. The zero-order valence-electron chi connectivity index (χ0n) is 9.64. The molecule has 0 aromatic carbocycles. The lowest BCUT2D eigenvalue weighted by molar-refractivity contribution is 0.787. The lowest BCUT2D eigenvalue weighted by Gasteiger charge is -2.02. The van der Waals surface area contributed by atoms with E-state index in [9.17, 15) is 0 Å². The minimum absolute atomic E-state index is 0.423. The predicted molar refractivity (Wildman–Crippen MR) is 65.8 cm³/mol. The first-order valence-corrected chi connectivity index (χ1v) is 5.41. The molecule has 0 aliphatic heterocycles. The van der Waals surface area contributed by atoms with Gasteiger partial charge in [0.25, 0.3) is 0 Å². The maximum Gasteiger partial charge on any atom is 0.152 e. The smallest absolute Gasteiger partial charge is 0.152 e. The minimum atomic E-state index is 0.423. The standard InChI is InChI=1S/C12H16N4/c1-4-5-13-12-11-8-10(9(2)3)15-16(11)7-6-14-12/h4,6-9H,1,5H2,2-3H3,(H,13,14). The van der Waals surface area contributed by atoms with Crippen molar-refractivity contribution in [1.82, 2.24) is 14.6 Å². The molecule has 4 heteroatoms. The average Bonchev–Trinajstić information content (AvgIpc) is 2.70. The lowest BCUT2D eigenvalue weighted by atomic mass is 10.1. The van der Waals surface area contributed by atoms with Gasteiger partial charge in [-0.05, 0) is 12.0 Å². The molecule has 0 atom stereocenters. The van der Waals surface area contributed by atoms with Crippen LogP contribution in [0.4, 0.5) is 5.82 Å². The van der Waals surface area contributed by atoms with Crippen molar-refractivity contribution >= 4 is 11.3 Å². The normalized spacial score (nSPS) is 10.9. The van der Waals surface area contributed by atoms with Gasteiger partial charge in [-0.15, -0.1) is 6.58 Å². The van der Waals surface area contributed by atoms with Gasteiger partial charge in [-0.1, -0.05) is 19.9 Å². The first kappa shape index (κ1) is 10.7.